The normalized spacial score (nSPS) is 30.4. The van der Waals surface area contributed by atoms with Gasteiger partial charge in [-0.3, -0.25) is 4.90 Å². The molecule has 2 fully saturated rings. The van der Waals surface area contributed by atoms with Crippen LogP contribution in [-0.2, 0) is 0 Å². The molecule has 0 radical (unpaired) electrons. The van der Waals surface area contributed by atoms with Crippen molar-refractivity contribution >= 4 is 0 Å². The topological polar surface area (TPSA) is 6.48 Å². The summed E-state index contributed by atoms with van der Waals surface area (Å²) in [5.74, 6) is -1.87. The van der Waals surface area contributed by atoms with E-state index in [1.165, 1.54) is 0 Å². The zero-order valence-corrected chi connectivity index (χ0v) is 11.5. The van der Waals surface area contributed by atoms with Gasteiger partial charge in [-0.25, -0.2) is 8.78 Å². The Morgan fingerprint density at radius 3 is 2.29 bits per heavy atom. The van der Waals surface area contributed by atoms with Crippen LogP contribution in [0.3, 0.4) is 0 Å². The molecule has 4 heteroatoms. The fourth-order valence-corrected chi connectivity index (χ4v) is 2.67. The fourth-order valence-electron chi connectivity index (χ4n) is 2.67. The zero-order chi connectivity index (χ0) is 13.1. The fraction of sp³-hybridized carbons (Fsp3) is 1.00. The largest absolute Gasteiger partial charge is 0.300 e. The highest BCUT2D eigenvalue weighted by Gasteiger charge is 2.49. The Balaban J connectivity index is 0.000000686. The second-order valence-corrected chi connectivity index (χ2v) is 5.03. The molecule has 1 atom stereocenters. The van der Waals surface area contributed by atoms with Gasteiger partial charge in [-0.15, -0.1) is 0 Å². The molecule has 2 saturated heterocycles. The van der Waals surface area contributed by atoms with Crippen molar-refractivity contribution in [2.24, 2.45) is 5.92 Å². The number of halogens is 2. The van der Waals surface area contributed by atoms with Crippen LogP contribution in [0.2, 0.25) is 0 Å². The third-order valence-electron chi connectivity index (χ3n) is 3.76. The first-order chi connectivity index (χ1) is 8.03. The van der Waals surface area contributed by atoms with Crippen LogP contribution in [-0.4, -0.2) is 55.0 Å². The molecule has 17 heavy (non-hydrogen) atoms. The van der Waals surface area contributed by atoms with E-state index < -0.39 is 12.0 Å². The van der Waals surface area contributed by atoms with Gasteiger partial charge in [0.2, 0.25) is 0 Å². The Morgan fingerprint density at radius 1 is 1.24 bits per heavy atom. The quantitative estimate of drug-likeness (QED) is 0.741. The highest BCUT2D eigenvalue weighted by molar-refractivity contribution is 4.96. The maximum atomic E-state index is 13.7. The van der Waals surface area contributed by atoms with Crippen molar-refractivity contribution in [2.75, 3.05) is 33.2 Å². The number of rotatable bonds is 2. The Morgan fingerprint density at radius 2 is 1.82 bits per heavy atom. The molecule has 0 amide bonds. The van der Waals surface area contributed by atoms with Gasteiger partial charge in [-0.1, -0.05) is 27.2 Å². The lowest BCUT2D eigenvalue weighted by molar-refractivity contribution is -0.145. The van der Waals surface area contributed by atoms with E-state index in [9.17, 15) is 8.78 Å². The van der Waals surface area contributed by atoms with Crippen molar-refractivity contribution in [1.82, 2.24) is 9.80 Å². The molecule has 0 aromatic heterocycles. The Kier molecular flexibility index (Phi) is 5.32. The molecular formula is C13H26F2N2. The van der Waals surface area contributed by atoms with Gasteiger partial charge in [0.05, 0.1) is 12.6 Å². The summed E-state index contributed by atoms with van der Waals surface area (Å²) < 4.78 is 27.5. The highest BCUT2D eigenvalue weighted by atomic mass is 19.3. The van der Waals surface area contributed by atoms with Gasteiger partial charge in [0.15, 0.2) is 0 Å². The van der Waals surface area contributed by atoms with Gasteiger partial charge in [0.1, 0.15) is 0 Å². The van der Waals surface area contributed by atoms with E-state index in [0.29, 0.717) is 12.3 Å². The molecule has 102 valence electrons. The minimum atomic E-state index is -2.52. The van der Waals surface area contributed by atoms with E-state index >= 15 is 0 Å². The molecule has 2 aliphatic rings. The summed E-state index contributed by atoms with van der Waals surface area (Å²) in [6.07, 6.45) is 1.73. The van der Waals surface area contributed by atoms with Gasteiger partial charge >= 0.3 is 0 Å². The number of hydrogen-bond acceptors (Lipinski definition) is 2. The summed E-state index contributed by atoms with van der Waals surface area (Å²) in [4.78, 5) is 3.70. The van der Waals surface area contributed by atoms with Gasteiger partial charge < -0.3 is 4.90 Å². The van der Waals surface area contributed by atoms with Crippen molar-refractivity contribution in [3.8, 4) is 0 Å². The van der Waals surface area contributed by atoms with Crippen LogP contribution in [0.5, 0.6) is 0 Å². The summed E-state index contributed by atoms with van der Waals surface area (Å²) in [7, 11) is 1.77. The molecule has 2 rings (SSSR count). The summed E-state index contributed by atoms with van der Waals surface area (Å²) >= 11 is 0. The predicted octanol–water partition coefficient (Wildman–Crippen LogP) is 2.69. The first-order valence-corrected chi connectivity index (χ1v) is 6.83. The van der Waals surface area contributed by atoms with Crippen LogP contribution in [0.15, 0.2) is 0 Å². The lowest BCUT2D eigenvalue weighted by Crippen LogP contribution is -2.63. The number of likely N-dealkylation sites (tertiary alicyclic amines) is 2. The van der Waals surface area contributed by atoms with Gasteiger partial charge in [-0.2, -0.15) is 0 Å². The number of nitrogens with zero attached hydrogens (tertiary/aromatic N) is 2. The molecule has 2 nitrogen and oxygen atoms in total. The van der Waals surface area contributed by atoms with Gasteiger partial charge in [0.25, 0.3) is 5.92 Å². The van der Waals surface area contributed by atoms with E-state index in [0.717, 1.165) is 26.1 Å². The van der Waals surface area contributed by atoms with Crippen molar-refractivity contribution in [3.63, 3.8) is 0 Å². The van der Waals surface area contributed by atoms with Crippen molar-refractivity contribution in [1.29, 1.82) is 0 Å². The highest BCUT2D eigenvalue weighted by Crippen LogP contribution is 2.35. The second-order valence-electron chi connectivity index (χ2n) is 5.03. The predicted molar refractivity (Wildman–Crippen MR) is 67.6 cm³/mol. The van der Waals surface area contributed by atoms with E-state index in [4.69, 9.17) is 0 Å². The molecule has 2 aliphatic heterocycles. The summed E-state index contributed by atoms with van der Waals surface area (Å²) in [6.45, 7) is 8.61. The third kappa shape index (κ3) is 3.38. The van der Waals surface area contributed by atoms with Crippen molar-refractivity contribution in [3.05, 3.63) is 0 Å². The first-order valence-electron chi connectivity index (χ1n) is 6.83. The lowest BCUT2D eigenvalue weighted by atomic mass is 9.90. The van der Waals surface area contributed by atoms with Crippen LogP contribution < -0.4 is 0 Å². The Hall–Kier alpha value is -0.220. The monoisotopic (exact) mass is 248 g/mol. The molecule has 0 N–H and O–H groups in total. The average molecular weight is 248 g/mol. The third-order valence-corrected chi connectivity index (χ3v) is 3.76. The smallest absolute Gasteiger partial charge is 0.275 e. The lowest BCUT2D eigenvalue weighted by Gasteiger charge is -2.49. The van der Waals surface area contributed by atoms with E-state index in [2.05, 4.69) is 6.92 Å². The van der Waals surface area contributed by atoms with Crippen LogP contribution in [0, 0.1) is 5.92 Å². The van der Waals surface area contributed by atoms with Crippen LogP contribution in [0.1, 0.15) is 33.6 Å². The van der Waals surface area contributed by atoms with Crippen LogP contribution >= 0.6 is 0 Å². The minimum Gasteiger partial charge on any atom is -0.300 e. The van der Waals surface area contributed by atoms with Gasteiger partial charge in [-0.05, 0) is 25.9 Å². The minimum absolute atomic E-state index is 0.0784. The maximum absolute atomic E-state index is 13.7. The summed E-state index contributed by atoms with van der Waals surface area (Å²) in [5.41, 5.74) is 0. The van der Waals surface area contributed by atoms with E-state index in [1.807, 2.05) is 18.7 Å². The average Bonchev–Trinajstić information content (AvgIpc) is 2.21. The van der Waals surface area contributed by atoms with Crippen molar-refractivity contribution in [2.45, 2.75) is 45.6 Å². The SMILES string of the molecule is CC.CCC1CN(C2CCN(C)CC2(F)F)C1. The molecule has 0 spiro atoms. The van der Waals surface area contributed by atoms with Crippen molar-refractivity contribution < 1.29 is 8.78 Å². The zero-order valence-electron chi connectivity index (χ0n) is 11.5. The number of piperidine rings is 1. The van der Waals surface area contributed by atoms with Gasteiger partial charge in [0, 0.05) is 13.1 Å². The first kappa shape index (κ1) is 14.8. The molecule has 0 aliphatic carbocycles. The second kappa shape index (κ2) is 6.10. The van der Waals surface area contributed by atoms with Crippen LogP contribution in [0.4, 0.5) is 8.78 Å². The number of alkyl halides is 2. The summed E-state index contributed by atoms with van der Waals surface area (Å²) in [6, 6.07) is -0.503. The number of hydrogen-bond donors (Lipinski definition) is 0. The van der Waals surface area contributed by atoms with E-state index in [-0.39, 0.29) is 6.54 Å². The molecule has 0 saturated carbocycles. The molecule has 0 aromatic rings. The van der Waals surface area contributed by atoms with E-state index in [1.54, 1.807) is 11.9 Å². The molecule has 0 aromatic carbocycles. The standard InChI is InChI=1S/C11H20F2N2.C2H6/c1-3-9-6-15(7-9)10-4-5-14(2)8-11(10,12)13;1-2/h9-10H,3-8H2,1-2H3;1-2H3. The molecule has 1 unspecified atom stereocenters. The Bertz CT molecular complexity index is 227. The Labute approximate surface area is 104 Å². The van der Waals surface area contributed by atoms with Crippen LogP contribution in [0.25, 0.3) is 0 Å². The molecule has 2 heterocycles. The maximum Gasteiger partial charge on any atom is 0.275 e. The molecule has 0 bridgehead atoms. The molecular weight excluding hydrogens is 222 g/mol. The summed E-state index contributed by atoms with van der Waals surface area (Å²) in [5, 5.41) is 0.